The molecule has 0 radical (unpaired) electrons. The summed E-state index contributed by atoms with van der Waals surface area (Å²) >= 11 is 0. The van der Waals surface area contributed by atoms with Crippen molar-refractivity contribution in [2.75, 3.05) is 82.3 Å². The number of fused-ring (bicyclic) bond motifs is 2. The Bertz CT molecular complexity index is 1440. The number of benzene rings is 1. The van der Waals surface area contributed by atoms with Gasteiger partial charge in [-0.05, 0) is 50.2 Å². The van der Waals surface area contributed by atoms with Crippen LogP contribution in [-0.4, -0.2) is 114 Å². The van der Waals surface area contributed by atoms with Crippen molar-refractivity contribution in [2.24, 2.45) is 5.41 Å². The van der Waals surface area contributed by atoms with Crippen molar-refractivity contribution in [1.82, 2.24) is 24.7 Å². The Hall–Kier alpha value is -3.45. The Morgan fingerprint density at radius 1 is 1.00 bits per heavy atom. The summed E-state index contributed by atoms with van der Waals surface area (Å²) in [4.78, 5) is 21.6. The Morgan fingerprint density at radius 3 is 2.60 bits per heavy atom. The molecular weight excluding hydrogens is 500 g/mol. The highest BCUT2D eigenvalue weighted by Crippen LogP contribution is 2.40. The lowest BCUT2D eigenvalue weighted by molar-refractivity contribution is -0.00280. The minimum atomic E-state index is -0.0530. The smallest absolute Gasteiger partial charge is 0.211 e. The Kier molecular flexibility index (Phi) is 6.30. The zero-order valence-electron chi connectivity index (χ0n) is 23.5. The lowest BCUT2D eigenvalue weighted by Crippen LogP contribution is -2.71. The van der Waals surface area contributed by atoms with Gasteiger partial charge in [0.05, 0.1) is 11.1 Å². The average molecular weight is 539 g/mol. The molecule has 2 unspecified atom stereocenters. The van der Waals surface area contributed by atoms with Crippen LogP contribution in [-0.2, 0) is 6.42 Å². The predicted octanol–water partition coefficient (Wildman–Crippen LogP) is 2.40. The molecule has 1 aromatic carbocycles. The topological polar surface area (TPSA) is 86.0 Å². The number of hydrogen-bond donors (Lipinski definition) is 1. The second-order valence-electron chi connectivity index (χ2n) is 12.6. The second-order valence-corrected chi connectivity index (χ2v) is 12.6. The maximum Gasteiger partial charge on any atom is 0.211 e. The van der Waals surface area contributed by atoms with E-state index in [4.69, 9.17) is 4.98 Å². The number of hydrogen-bond acceptors (Lipinski definition) is 9. The molecule has 7 rings (SSSR count). The van der Waals surface area contributed by atoms with Gasteiger partial charge in [0.1, 0.15) is 11.9 Å². The van der Waals surface area contributed by atoms with E-state index < -0.39 is 0 Å². The first-order chi connectivity index (χ1) is 19.4. The summed E-state index contributed by atoms with van der Waals surface area (Å²) in [6, 6.07) is 15.0. The first-order valence-electron chi connectivity index (χ1n) is 14.5. The summed E-state index contributed by atoms with van der Waals surface area (Å²) in [6.45, 7) is 13.2. The fourth-order valence-electron chi connectivity index (χ4n) is 7.65. The fourth-order valence-corrected chi connectivity index (χ4v) is 7.65. The van der Waals surface area contributed by atoms with Gasteiger partial charge >= 0.3 is 0 Å². The zero-order valence-corrected chi connectivity index (χ0v) is 23.5. The van der Waals surface area contributed by atoms with Gasteiger partial charge in [-0.1, -0.05) is 6.07 Å². The van der Waals surface area contributed by atoms with E-state index in [0.717, 1.165) is 75.7 Å². The lowest BCUT2D eigenvalue weighted by Gasteiger charge is -2.59. The molecule has 0 saturated carbocycles. The molecule has 9 nitrogen and oxygen atoms in total. The summed E-state index contributed by atoms with van der Waals surface area (Å²) in [7, 11) is 2.20. The molecule has 208 valence electrons. The van der Waals surface area contributed by atoms with Gasteiger partial charge in [0.2, 0.25) is 5.88 Å². The molecule has 0 bridgehead atoms. The Morgan fingerprint density at radius 2 is 1.85 bits per heavy atom. The predicted molar refractivity (Wildman–Crippen MR) is 157 cm³/mol. The van der Waals surface area contributed by atoms with E-state index in [1.807, 2.05) is 18.2 Å². The number of anilines is 2. The van der Waals surface area contributed by atoms with Crippen LogP contribution in [0.3, 0.4) is 0 Å². The van der Waals surface area contributed by atoms with Crippen molar-refractivity contribution in [3.05, 3.63) is 53.7 Å². The van der Waals surface area contributed by atoms with Gasteiger partial charge in [0.25, 0.3) is 0 Å². The third kappa shape index (κ3) is 4.54. The Balaban J connectivity index is 0.983. The van der Waals surface area contributed by atoms with Crippen LogP contribution < -0.4 is 9.80 Å². The second kappa shape index (κ2) is 9.88. The number of aromatic hydroxyl groups is 1. The SMILES string of the molecule is CC1CN(c2ccc(C#N)c3nc(O)ccc23)CC2CN(CCc3ccc(N4CC5(CN(C)C5)C4)nc3)CCN12. The number of nitrogens with zero attached hydrogens (tertiary/aromatic N) is 8. The molecule has 40 heavy (non-hydrogen) atoms. The largest absolute Gasteiger partial charge is 0.493 e. The van der Waals surface area contributed by atoms with E-state index in [-0.39, 0.29) is 5.88 Å². The van der Waals surface area contributed by atoms with Gasteiger partial charge in [-0.25, -0.2) is 9.97 Å². The monoisotopic (exact) mass is 538 g/mol. The summed E-state index contributed by atoms with van der Waals surface area (Å²) < 4.78 is 0. The third-order valence-electron chi connectivity index (χ3n) is 9.49. The van der Waals surface area contributed by atoms with Gasteiger partial charge < -0.3 is 24.7 Å². The molecule has 4 fully saturated rings. The van der Waals surface area contributed by atoms with Gasteiger partial charge in [-0.2, -0.15) is 5.26 Å². The van der Waals surface area contributed by atoms with Crippen LogP contribution in [0.4, 0.5) is 11.5 Å². The molecule has 2 atom stereocenters. The highest BCUT2D eigenvalue weighted by atomic mass is 16.3. The third-order valence-corrected chi connectivity index (χ3v) is 9.49. The number of aromatic nitrogens is 2. The van der Waals surface area contributed by atoms with E-state index in [2.05, 4.69) is 67.9 Å². The number of piperazine rings is 2. The molecule has 4 aliphatic heterocycles. The maximum absolute atomic E-state index is 9.95. The van der Waals surface area contributed by atoms with Crippen LogP contribution in [0.2, 0.25) is 0 Å². The molecule has 3 aromatic rings. The molecule has 4 saturated heterocycles. The molecule has 9 heteroatoms. The quantitative estimate of drug-likeness (QED) is 0.526. The summed E-state index contributed by atoms with van der Waals surface area (Å²) in [5.41, 5.74) is 3.99. The molecule has 2 aromatic heterocycles. The van der Waals surface area contributed by atoms with Gasteiger partial charge in [-0.15, -0.1) is 0 Å². The lowest BCUT2D eigenvalue weighted by atomic mass is 9.73. The molecular formula is C31H38N8O. The molecule has 4 aliphatic rings. The fraction of sp³-hybridized carbons (Fsp3) is 0.516. The van der Waals surface area contributed by atoms with Gasteiger partial charge in [0, 0.05) is 106 Å². The van der Waals surface area contributed by atoms with Crippen LogP contribution in [0.1, 0.15) is 18.1 Å². The van der Waals surface area contributed by atoms with Crippen LogP contribution in [0.15, 0.2) is 42.6 Å². The summed E-state index contributed by atoms with van der Waals surface area (Å²) in [5, 5.41) is 20.4. The van der Waals surface area contributed by atoms with Crippen molar-refractivity contribution in [3.8, 4) is 11.9 Å². The van der Waals surface area contributed by atoms with E-state index in [0.29, 0.717) is 28.6 Å². The first-order valence-corrected chi connectivity index (χ1v) is 14.5. The number of nitriles is 1. The molecule has 6 heterocycles. The average Bonchev–Trinajstić information content (AvgIpc) is 2.92. The number of rotatable bonds is 5. The maximum atomic E-state index is 9.95. The number of likely N-dealkylation sites (tertiary alicyclic amines) is 1. The molecule has 1 spiro atoms. The highest BCUT2D eigenvalue weighted by molar-refractivity contribution is 5.95. The van der Waals surface area contributed by atoms with Crippen molar-refractivity contribution < 1.29 is 5.11 Å². The van der Waals surface area contributed by atoms with Crippen molar-refractivity contribution >= 4 is 22.4 Å². The van der Waals surface area contributed by atoms with Gasteiger partial charge in [0.15, 0.2) is 0 Å². The zero-order chi connectivity index (χ0) is 27.4. The molecule has 0 amide bonds. The van der Waals surface area contributed by atoms with Crippen LogP contribution in [0, 0.1) is 16.7 Å². The molecule has 1 N–H and O–H groups in total. The number of pyridine rings is 2. The van der Waals surface area contributed by atoms with Gasteiger partial charge in [-0.3, -0.25) is 4.90 Å². The van der Waals surface area contributed by atoms with E-state index in [1.54, 1.807) is 6.07 Å². The van der Waals surface area contributed by atoms with Crippen molar-refractivity contribution in [3.63, 3.8) is 0 Å². The van der Waals surface area contributed by atoms with Crippen LogP contribution >= 0.6 is 0 Å². The van der Waals surface area contributed by atoms with E-state index in [1.165, 1.54) is 18.7 Å². The standard InChI is InChI=1S/C31H38N8O/c1-22-15-37(27-6-4-24(13-32)30-26(27)5-8-29(40)34-30)17-25-16-36(11-12-39(22)25)10-9-23-3-7-28(33-14-23)38-20-31(21-38)18-35(2)19-31/h3-8,14,22,25H,9-12,15-21H2,1-2H3,(H,34,40). The first kappa shape index (κ1) is 25.5. The molecule has 0 aliphatic carbocycles. The normalized spacial score (nSPS) is 24.9. The summed E-state index contributed by atoms with van der Waals surface area (Å²) in [6.07, 6.45) is 3.10. The van der Waals surface area contributed by atoms with E-state index >= 15 is 0 Å². The summed E-state index contributed by atoms with van der Waals surface area (Å²) in [5.74, 6) is 1.07. The minimum absolute atomic E-state index is 0.0530. The Labute approximate surface area is 236 Å². The van der Waals surface area contributed by atoms with Crippen molar-refractivity contribution in [1.29, 1.82) is 5.26 Å². The van der Waals surface area contributed by atoms with Crippen LogP contribution in [0.25, 0.3) is 10.9 Å². The van der Waals surface area contributed by atoms with Crippen LogP contribution in [0.5, 0.6) is 5.88 Å². The van der Waals surface area contributed by atoms with E-state index in [9.17, 15) is 10.4 Å². The minimum Gasteiger partial charge on any atom is -0.493 e. The van der Waals surface area contributed by atoms with Crippen molar-refractivity contribution in [2.45, 2.75) is 25.4 Å². The highest BCUT2D eigenvalue weighted by Gasteiger charge is 2.50.